The number of aliphatic hydroxyl groups is 1. The molecule has 116 valence electrons. The molecule has 3 rings (SSSR count). The van der Waals surface area contributed by atoms with Crippen molar-refractivity contribution < 1.29 is 15.0 Å². The molecule has 1 aliphatic rings. The molecule has 5 nitrogen and oxygen atoms in total. The van der Waals surface area contributed by atoms with Gasteiger partial charge in [0, 0.05) is 37.1 Å². The number of benzene rings is 1. The van der Waals surface area contributed by atoms with Crippen molar-refractivity contribution in [1.82, 2.24) is 9.88 Å². The topological polar surface area (TPSA) is 73.7 Å². The second-order valence-corrected chi connectivity index (χ2v) is 5.92. The highest BCUT2D eigenvalue weighted by Gasteiger charge is 2.31. The molecule has 0 unspecified atom stereocenters. The van der Waals surface area contributed by atoms with E-state index in [2.05, 4.69) is 11.1 Å². The van der Waals surface area contributed by atoms with Gasteiger partial charge in [0.2, 0.25) is 0 Å². The normalized spacial score (nSPS) is 22.2. The number of aliphatic carboxylic acids is 1. The minimum Gasteiger partial charge on any atom is -0.481 e. The van der Waals surface area contributed by atoms with Crippen LogP contribution in [0.2, 0.25) is 0 Å². The third-order valence-corrected chi connectivity index (χ3v) is 4.35. The molecule has 0 spiro atoms. The zero-order chi connectivity index (χ0) is 15.5. The van der Waals surface area contributed by atoms with Crippen molar-refractivity contribution >= 4 is 16.9 Å². The van der Waals surface area contributed by atoms with Crippen LogP contribution in [0.5, 0.6) is 0 Å². The molecule has 2 heterocycles. The summed E-state index contributed by atoms with van der Waals surface area (Å²) in [6, 6.07) is 10.0. The maximum atomic E-state index is 10.7. The zero-order valence-electron chi connectivity index (χ0n) is 12.4. The average Bonchev–Trinajstić information content (AvgIpc) is 2.86. The van der Waals surface area contributed by atoms with Gasteiger partial charge in [-0.1, -0.05) is 18.2 Å². The van der Waals surface area contributed by atoms with E-state index in [4.69, 9.17) is 5.11 Å². The SMILES string of the molecule is O=C(O)CCN1C[C@@H](Cc2ccnc3ccccc23)[C@H](O)C1. The van der Waals surface area contributed by atoms with Crippen LogP contribution in [0.25, 0.3) is 10.9 Å². The first-order valence-electron chi connectivity index (χ1n) is 7.58. The predicted octanol–water partition coefficient (Wildman–Crippen LogP) is 1.54. The standard InChI is InChI=1S/C17H20N2O3/c20-16-11-19(8-6-17(21)22)10-13(16)9-12-5-7-18-15-4-2-1-3-14(12)15/h1-5,7,13,16,20H,6,8-11H2,(H,21,22)/t13-,16-/m1/s1. The van der Waals surface area contributed by atoms with Crippen LogP contribution in [0.4, 0.5) is 0 Å². The number of hydrogen-bond acceptors (Lipinski definition) is 4. The maximum absolute atomic E-state index is 10.7. The number of rotatable bonds is 5. The molecule has 0 aliphatic carbocycles. The summed E-state index contributed by atoms with van der Waals surface area (Å²) in [6.07, 6.45) is 2.31. The third kappa shape index (κ3) is 3.26. The Labute approximate surface area is 129 Å². The first kappa shape index (κ1) is 14.9. The summed E-state index contributed by atoms with van der Waals surface area (Å²) in [5.74, 6) is -0.655. The minimum atomic E-state index is -0.793. The van der Waals surface area contributed by atoms with Crippen molar-refractivity contribution in [2.75, 3.05) is 19.6 Å². The van der Waals surface area contributed by atoms with E-state index in [1.807, 2.05) is 29.2 Å². The number of carboxylic acid groups (broad SMARTS) is 1. The van der Waals surface area contributed by atoms with Gasteiger partial charge in [-0.2, -0.15) is 0 Å². The van der Waals surface area contributed by atoms with E-state index in [0.29, 0.717) is 13.1 Å². The van der Waals surface area contributed by atoms with Gasteiger partial charge in [0.25, 0.3) is 0 Å². The maximum Gasteiger partial charge on any atom is 0.304 e. The van der Waals surface area contributed by atoms with Crippen LogP contribution in [0.1, 0.15) is 12.0 Å². The Morgan fingerprint density at radius 2 is 2.09 bits per heavy atom. The van der Waals surface area contributed by atoms with Gasteiger partial charge < -0.3 is 10.2 Å². The molecule has 1 aliphatic heterocycles. The number of β-amino-alcohol motifs (C(OH)–C–C–N with tert-alkyl or cyclic N) is 1. The summed E-state index contributed by atoms with van der Waals surface area (Å²) < 4.78 is 0. The number of likely N-dealkylation sites (tertiary alicyclic amines) is 1. The lowest BCUT2D eigenvalue weighted by atomic mass is 9.94. The van der Waals surface area contributed by atoms with Crippen molar-refractivity contribution in [1.29, 1.82) is 0 Å². The zero-order valence-corrected chi connectivity index (χ0v) is 12.4. The van der Waals surface area contributed by atoms with Crippen LogP contribution < -0.4 is 0 Å². The van der Waals surface area contributed by atoms with Gasteiger partial charge in [0.15, 0.2) is 0 Å². The number of aliphatic hydroxyl groups excluding tert-OH is 1. The van der Waals surface area contributed by atoms with Gasteiger partial charge in [0.1, 0.15) is 0 Å². The van der Waals surface area contributed by atoms with Gasteiger partial charge >= 0.3 is 5.97 Å². The molecule has 1 fully saturated rings. The highest BCUT2D eigenvalue weighted by molar-refractivity contribution is 5.81. The van der Waals surface area contributed by atoms with Crippen molar-refractivity contribution in [3.8, 4) is 0 Å². The molecule has 2 aromatic rings. The monoisotopic (exact) mass is 300 g/mol. The first-order chi connectivity index (χ1) is 10.6. The summed E-state index contributed by atoms with van der Waals surface area (Å²) in [5, 5.41) is 20.1. The van der Waals surface area contributed by atoms with E-state index in [0.717, 1.165) is 23.9 Å². The van der Waals surface area contributed by atoms with Crippen molar-refractivity contribution in [2.24, 2.45) is 5.92 Å². The molecule has 22 heavy (non-hydrogen) atoms. The summed E-state index contributed by atoms with van der Waals surface area (Å²) >= 11 is 0. The van der Waals surface area contributed by atoms with Crippen LogP contribution in [-0.2, 0) is 11.2 Å². The van der Waals surface area contributed by atoms with Crippen molar-refractivity contribution in [2.45, 2.75) is 18.9 Å². The number of nitrogens with zero attached hydrogens (tertiary/aromatic N) is 2. The molecule has 0 radical (unpaired) electrons. The number of pyridine rings is 1. The predicted molar refractivity (Wildman–Crippen MR) is 83.6 cm³/mol. The molecule has 1 aromatic carbocycles. The third-order valence-electron chi connectivity index (χ3n) is 4.35. The van der Waals surface area contributed by atoms with E-state index in [-0.39, 0.29) is 12.3 Å². The number of aromatic nitrogens is 1. The van der Waals surface area contributed by atoms with Crippen molar-refractivity contribution in [3.63, 3.8) is 0 Å². The lowest BCUT2D eigenvalue weighted by Crippen LogP contribution is -2.24. The van der Waals surface area contributed by atoms with Crippen LogP contribution in [-0.4, -0.2) is 51.8 Å². The fourth-order valence-corrected chi connectivity index (χ4v) is 3.19. The second-order valence-electron chi connectivity index (χ2n) is 5.92. The summed E-state index contributed by atoms with van der Waals surface area (Å²) in [7, 11) is 0. The first-order valence-corrected chi connectivity index (χ1v) is 7.58. The fourth-order valence-electron chi connectivity index (χ4n) is 3.19. The van der Waals surface area contributed by atoms with E-state index < -0.39 is 12.1 Å². The van der Waals surface area contributed by atoms with Crippen LogP contribution in [0.15, 0.2) is 36.5 Å². The largest absolute Gasteiger partial charge is 0.481 e. The Balaban J connectivity index is 1.71. The average molecular weight is 300 g/mol. The van der Waals surface area contributed by atoms with Gasteiger partial charge in [-0.25, -0.2) is 0 Å². The molecule has 1 saturated heterocycles. The molecule has 0 amide bonds. The number of carboxylic acids is 1. The smallest absolute Gasteiger partial charge is 0.304 e. The van der Waals surface area contributed by atoms with Crippen LogP contribution in [0.3, 0.4) is 0 Å². The Kier molecular flexibility index (Phi) is 4.36. The number of fused-ring (bicyclic) bond motifs is 1. The highest BCUT2D eigenvalue weighted by atomic mass is 16.4. The Morgan fingerprint density at radius 1 is 1.27 bits per heavy atom. The molecule has 1 aromatic heterocycles. The second kappa shape index (κ2) is 6.42. The van der Waals surface area contributed by atoms with Gasteiger partial charge in [-0.15, -0.1) is 0 Å². The van der Waals surface area contributed by atoms with Gasteiger partial charge in [0.05, 0.1) is 18.0 Å². The highest BCUT2D eigenvalue weighted by Crippen LogP contribution is 2.25. The van der Waals surface area contributed by atoms with E-state index in [1.165, 1.54) is 5.56 Å². The van der Waals surface area contributed by atoms with Crippen LogP contribution >= 0.6 is 0 Å². The number of carbonyl (C=O) groups is 1. The summed E-state index contributed by atoms with van der Waals surface area (Å²) in [6.45, 7) is 1.80. The van der Waals surface area contributed by atoms with E-state index >= 15 is 0 Å². The number of hydrogen-bond donors (Lipinski definition) is 2. The Morgan fingerprint density at radius 3 is 2.91 bits per heavy atom. The summed E-state index contributed by atoms with van der Waals surface area (Å²) in [4.78, 5) is 17.1. The molecule has 2 N–H and O–H groups in total. The van der Waals surface area contributed by atoms with Crippen molar-refractivity contribution in [3.05, 3.63) is 42.1 Å². The lowest BCUT2D eigenvalue weighted by Gasteiger charge is -2.15. The molecule has 2 atom stereocenters. The lowest BCUT2D eigenvalue weighted by molar-refractivity contribution is -0.137. The summed E-state index contributed by atoms with van der Waals surface area (Å²) in [5.41, 5.74) is 2.16. The Bertz CT molecular complexity index is 669. The van der Waals surface area contributed by atoms with Gasteiger partial charge in [-0.05, 0) is 24.1 Å². The Hall–Kier alpha value is -1.98. The number of para-hydroxylation sites is 1. The molecule has 0 saturated carbocycles. The molecule has 5 heteroatoms. The quantitative estimate of drug-likeness (QED) is 0.876. The van der Waals surface area contributed by atoms with Gasteiger partial charge in [-0.3, -0.25) is 14.7 Å². The fraction of sp³-hybridized carbons (Fsp3) is 0.412. The molecular formula is C17H20N2O3. The molecule has 0 bridgehead atoms. The minimum absolute atomic E-state index is 0.123. The van der Waals surface area contributed by atoms with E-state index in [1.54, 1.807) is 6.20 Å². The molecular weight excluding hydrogens is 280 g/mol. The van der Waals surface area contributed by atoms with Crippen LogP contribution in [0, 0.1) is 5.92 Å². The van der Waals surface area contributed by atoms with E-state index in [9.17, 15) is 9.90 Å².